The molecule has 0 aliphatic carbocycles. The smallest absolute Gasteiger partial charge is 0.228 e. The Labute approximate surface area is 148 Å². The van der Waals surface area contributed by atoms with Crippen LogP contribution in [0.15, 0.2) is 24.3 Å². The molecule has 3 rings (SSSR count). The van der Waals surface area contributed by atoms with Gasteiger partial charge in [0.1, 0.15) is 0 Å². The van der Waals surface area contributed by atoms with Crippen LogP contribution in [0, 0.1) is 5.92 Å². The Bertz CT molecular complexity index is 626. The van der Waals surface area contributed by atoms with Crippen LogP contribution >= 0.6 is 0 Å². The molecule has 6 nitrogen and oxygen atoms in total. The minimum atomic E-state index is -0.414. The number of para-hydroxylation sites is 1. The van der Waals surface area contributed by atoms with E-state index in [1.165, 1.54) is 0 Å². The number of benzene rings is 1. The van der Waals surface area contributed by atoms with Gasteiger partial charge in [-0.2, -0.15) is 0 Å². The highest BCUT2D eigenvalue weighted by Gasteiger charge is 2.31. The molecular formula is C19H27N3O3. The molecule has 0 saturated carbocycles. The van der Waals surface area contributed by atoms with Gasteiger partial charge in [-0.3, -0.25) is 14.5 Å². The molecule has 2 aliphatic rings. The van der Waals surface area contributed by atoms with Gasteiger partial charge in [0.2, 0.25) is 11.8 Å². The Hall–Kier alpha value is -1.92. The van der Waals surface area contributed by atoms with E-state index in [1.54, 1.807) is 0 Å². The summed E-state index contributed by atoms with van der Waals surface area (Å²) in [6, 6.07) is 7.81. The van der Waals surface area contributed by atoms with Gasteiger partial charge >= 0.3 is 0 Å². The Balaban J connectivity index is 1.66. The summed E-state index contributed by atoms with van der Waals surface area (Å²) in [5, 5.41) is 5.93. The normalized spacial score (nSPS) is 22.2. The molecule has 2 atom stereocenters. The predicted octanol–water partition coefficient (Wildman–Crippen LogP) is 1.59. The average Bonchev–Trinajstić information content (AvgIpc) is 2.61. The van der Waals surface area contributed by atoms with Crippen molar-refractivity contribution in [2.75, 3.05) is 38.2 Å². The van der Waals surface area contributed by atoms with Gasteiger partial charge in [-0.25, -0.2) is 0 Å². The molecule has 0 unspecified atom stereocenters. The van der Waals surface area contributed by atoms with Crippen molar-refractivity contribution in [1.82, 2.24) is 10.2 Å². The number of ether oxygens (including phenoxy) is 1. The maximum atomic E-state index is 12.8. The first-order valence-electron chi connectivity index (χ1n) is 9.04. The van der Waals surface area contributed by atoms with Gasteiger partial charge < -0.3 is 15.4 Å². The quantitative estimate of drug-likeness (QED) is 0.850. The van der Waals surface area contributed by atoms with Crippen molar-refractivity contribution in [3.63, 3.8) is 0 Å². The summed E-state index contributed by atoms with van der Waals surface area (Å²) in [6.07, 6.45) is 0.201. The maximum absolute atomic E-state index is 12.8. The first-order valence-corrected chi connectivity index (χ1v) is 9.04. The van der Waals surface area contributed by atoms with Crippen LogP contribution in [0.5, 0.6) is 0 Å². The molecule has 2 amide bonds. The Morgan fingerprint density at radius 3 is 2.76 bits per heavy atom. The summed E-state index contributed by atoms with van der Waals surface area (Å²) >= 11 is 0. The molecule has 6 heteroatoms. The zero-order valence-electron chi connectivity index (χ0n) is 15.0. The van der Waals surface area contributed by atoms with E-state index in [4.69, 9.17) is 4.74 Å². The van der Waals surface area contributed by atoms with Crippen LogP contribution in [0.3, 0.4) is 0 Å². The van der Waals surface area contributed by atoms with Crippen molar-refractivity contribution in [3.05, 3.63) is 29.8 Å². The Kier molecular flexibility index (Phi) is 5.71. The summed E-state index contributed by atoms with van der Waals surface area (Å²) in [6.45, 7) is 8.23. The van der Waals surface area contributed by atoms with Crippen molar-refractivity contribution >= 4 is 17.5 Å². The third-order valence-electron chi connectivity index (χ3n) is 5.09. The highest BCUT2D eigenvalue weighted by molar-refractivity contribution is 6.01. The SMILES string of the molecule is CC(C)[C@@H](CNC(=O)[C@H]1CC(=O)Nc2ccccc21)N1CCOCC1. The van der Waals surface area contributed by atoms with Gasteiger partial charge in [-0.1, -0.05) is 32.0 Å². The van der Waals surface area contributed by atoms with E-state index >= 15 is 0 Å². The third-order valence-corrected chi connectivity index (χ3v) is 5.09. The van der Waals surface area contributed by atoms with E-state index in [1.807, 2.05) is 24.3 Å². The monoisotopic (exact) mass is 345 g/mol. The second-order valence-corrected chi connectivity index (χ2v) is 7.10. The highest BCUT2D eigenvalue weighted by atomic mass is 16.5. The fraction of sp³-hybridized carbons (Fsp3) is 0.579. The van der Waals surface area contributed by atoms with Gasteiger partial charge in [0.15, 0.2) is 0 Å². The molecule has 0 aromatic heterocycles. The van der Waals surface area contributed by atoms with Crippen molar-refractivity contribution in [3.8, 4) is 0 Å². The van der Waals surface area contributed by atoms with Crippen LogP contribution in [-0.4, -0.2) is 55.6 Å². The van der Waals surface area contributed by atoms with Gasteiger partial charge in [-0.05, 0) is 17.5 Å². The lowest BCUT2D eigenvalue weighted by molar-refractivity contribution is -0.126. The number of amides is 2. The van der Waals surface area contributed by atoms with Gasteiger partial charge in [0.25, 0.3) is 0 Å². The van der Waals surface area contributed by atoms with E-state index < -0.39 is 5.92 Å². The van der Waals surface area contributed by atoms with Crippen molar-refractivity contribution in [1.29, 1.82) is 0 Å². The molecule has 0 spiro atoms. The van der Waals surface area contributed by atoms with Crippen LogP contribution in [0.1, 0.15) is 31.7 Å². The summed E-state index contributed by atoms with van der Waals surface area (Å²) in [7, 11) is 0. The number of carbonyl (C=O) groups excluding carboxylic acids is 2. The zero-order valence-corrected chi connectivity index (χ0v) is 15.0. The van der Waals surface area contributed by atoms with Crippen molar-refractivity contribution in [2.45, 2.75) is 32.2 Å². The molecule has 2 heterocycles. The summed E-state index contributed by atoms with van der Waals surface area (Å²) in [5.41, 5.74) is 1.64. The fourth-order valence-corrected chi connectivity index (χ4v) is 3.67. The van der Waals surface area contributed by atoms with Crippen LogP contribution < -0.4 is 10.6 Å². The number of morpholine rings is 1. The van der Waals surface area contributed by atoms with E-state index in [0.717, 1.165) is 37.6 Å². The van der Waals surface area contributed by atoms with Crippen molar-refractivity contribution < 1.29 is 14.3 Å². The first-order chi connectivity index (χ1) is 12.1. The molecule has 0 bridgehead atoms. The number of hydrogen-bond acceptors (Lipinski definition) is 4. The largest absolute Gasteiger partial charge is 0.379 e. The van der Waals surface area contributed by atoms with Crippen LogP contribution in [-0.2, 0) is 14.3 Å². The Morgan fingerprint density at radius 2 is 2.04 bits per heavy atom. The molecule has 1 saturated heterocycles. The minimum absolute atomic E-state index is 0.0683. The highest BCUT2D eigenvalue weighted by Crippen LogP contribution is 2.32. The molecule has 1 fully saturated rings. The number of nitrogens with one attached hydrogen (secondary N) is 2. The second-order valence-electron chi connectivity index (χ2n) is 7.10. The number of carbonyl (C=O) groups is 2. The molecule has 2 N–H and O–H groups in total. The molecular weight excluding hydrogens is 318 g/mol. The van der Waals surface area contributed by atoms with E-state index in [2.05, 4.69) is 29.4 Å². The minimum Gasteiger partial charge on any atom is -0.379 e. The van der Waals surface area contributed by atoms with Gasteiger partial charge in [-0.15, -0.1) is 0 Å². The zero-order chi connectivity index (χ0) is 17.8. The van der Waals surface area contributed by atoms with E-state index in [0.29, 0.717) is 12.5 Å². The summed E-state index contributed by atoms with van der Waals surface area (Å²) < 4.78 is 5.43. The molecule has 1 aromatic rings. The van der Waals surface area contributed by atoms with Gasteiger partial charge in [0.05, 0.1) is 19.1 Å². The first kappa shape index (κ1) is 17.9. The number of fused-ring (bicyclic) bond motifs is 1. The Morgan fingerprint density at radius 1 is 1.32 bits per heavy atom. The lowest BCUT2D eigenvalue weighted by Crippen LogP contribution is -2.51. The van der Waals surface area contributed by atoms with Crippen molar-refractivity contribution in [2.24, 2.45) is 5.92 Å². The molecule has 136 valence electrons. The third kappa shape index (κ3) is 4.19. The average molecular weight is 345 g/mol. The topological polar surface area (TPSA) is 70.7 Å². The molecule has 1 aromatic carbocycles. The maximum Gasteiger partial charge on any atom is 0.228 e. The second kappa shape index (κ2) is 7.97. The van der Waals surface area contributed by atoms with E-state index in [9.17, 15) is 9.59 Å². The van der Waals surface area contributed by atoms with E-state index in [-0.39, 0.29) is 24.3 Å². The number of rotatable bonds is 5. The summed E-state index contributed by atoms with van der Waals surface area (Å²) in [4.78, 5) is 27.1. The molecule has 0 radical (unpaired) electrons. The predicted molar refractivity (Wildman–Crippen MR) is 96.5 cm³/mol. The van der Waals surface area contributed by atoms with Gasteiger partial charge in [0, 0.05) is 37.8 Å². The lowest BCUT2D eigenvalue weighted by atomic mass is 9.89. The summed E-state index contributed by atoms with van der Waals surface area (Å²) in [5.74, 6) is -0.156. The number of anilines is 1. The van der Waals surface area contributed by atoms with Crippen LogP contribution in [0.25, 0.3) is 0 Å². The van der Waals surface area contributed by atoms with Crippen LogP contribution in [0.2, 0.25) is 0 Å². The fourth-order valence-electron chi connectivity index (χ4n) is 3.67. The standard InChI is InChI=1S/C19H27N3O3/c1-13(2)17(22-7-9-25-10-8-22)12-20-19(24)15-11-18(23)21-16-6-4-3-5-14(15)16/h3-6,13,15,17H,7-12H2,1-2H3,(H,20,24)(H,21,23)/t15-,17+/m0/s1. The lowest BCUT2D eigenvalue weighted by Gasteiger charge is -2.37. The number of hydrogen-bond donors (Lipinski definition) is 2. The molecule has 2 aliphatic heterocycles. The number of nitrogens with zero attached hydrogens (tertiary/aromatic N) is 1. The molecule has 25 heavy (non-hydrogen) atoms. The van der Waals surface area contributed by atoms with Crippen LogP contribution in [0.4, 0.5) is 5.69 Å².